The van der Waals surface area contributed by atoms with Gasteiger partial charge >= 0.3 is 0 Å². The summed E-state index contributed by atoms with van der Waals surface area (Å²) in [5, 5.41) is 10.5. The molecule has 3 nitrogen and oxygen atoms in total. The van der Waals surface area contributed by atoms with Crippen LogP contribution in [0.4, 0.5) is 0 Å². The molecule has 0 bridgehead atoms. The fourth-order valence-corrected chi connectivity index (χ4v) is 2.75. The first-order valence-electron chi connectivity index (χ1n) is 4.64. The van der Waals surface area contributed by atoms with E-state index in [1.54, 1.807) is 13.2 Å². The first-order chi connectivity index (χ1) is 6.75. The first-order valence-corrected chi connectivity index (χ1v) is 6.84. The van der Waals surface area contributed by atoms with Gasteiger partial charge < -0.3 is 14.3 Å². The van der Waals surface area contributed by atoms with Gasteiger partial charge in [0.1, 0.15) is 5.75 Å². The Morgan fingerprint density at radius 3 is 2.64 bits per heavy atom. The number of hydrogen-bond donors (Lipinski definition) is 1. The Bertz CT molecular complexity index is 278. The molecule has 0 saturated carbocycles. The fourth-order valence-electron chi connectivity index (χ4n) is 1.23. The van der Waals surface area contributed by atoms with Gasteiger partial charge in [-0.05, 0) is 12.6 Å². The maximum absolute atomic E-state index is 9.56. The zero-order valence-corrected chi connectivity index (χ0v) is 9.72. The Hall–Kier alpha value is -0.843. The second-order valence-corrected chi connectivity index (χ2v) is 5.30. The second-order valence-electron chi connectivity index (χ2n) is 3.06. The quantitative estimate of drug-likeness (QED) is 0.574. The molecule has 0 saturated heterocycles. The molecule has 0 amide bonds. The minimum atomic E-state index is -1.46. The molecule has 0 radical (unpaired) electrons. The van der Waals surface area contributed by atoms with Crippen LogP contribution in [0.3, 0.4) is 0 Å². The molecule has 1 rings (SSSR count). The summed E-state index contributed by atoms with van der Waals surface area (Å²) >= 11 is 0. The number of hydrogen-bond acceptors (Lipinski definition) is 3. The average molecular weight is 212 g/mol. The van der Waals surface area contributed by atoms with Crippen LogP contribution in [0.1, 0.15) is 0 Å². The van der Waals surface area contributed by atoms with Crippen LogP contribution < -0.4 is 5.19 Å². The van der Waals surface area contributed by atoms with Crippen LogP contribution >= 0.6 is 0 Å². The van der Waals surface area contributed by atoms with Crippen LogP contribution in [0, 0.1) is 0 Å². The van der Waals surface area contributed by atoms with Gasteiger partial charge in [0.05, 0.1) is 13.2 Å². The zero-order valence-electron chi connectivity index (χ0n) is 8.56. The number of phenolic OH excluding ortho intramolecular Hbond substituents is 1. The van der Waals surface area contributed by atoms with Gasteiger partial charge in [0, 0.05) is 12.3 Å². The van der Waals surface area contributed by atoms with Crippen molar-refractivity contribution >= 4 is 14.2 Å². The number of benzene rings is 1. The molecule has 1 aromatic rings. The van der Waals surface area contributed by atoms with Gasteiger partial charge in [-0.3, -0.25) is 0 Å². The Morgan fingerprint density at radius 2 is 2.00 bits per heavy atom. The fraction of sp³-hybridized carbons (Fsp3) is 0.400. The van der Waals surface area contributed by atoms with Gasteiger partial charge in [-0.1, -0.05) is 18.2 Å². The van der Waals surface area contributed by atoms with Crippen LogP contribution in [0.15, 0.2) is 24.3 Å². The monoisotopic (exact) mass is 212 g/mol. The van der Waals surface area contributed by atoms with E-state index in [0.717, 1.165) is 5.19 Å². The van der Waals surface area contributed by atoms with Crippen LogP contribution in [0.5, 0.6) is 5.75 Å². The van der Waals surface area contributed by atoms with Crippen LogP contribution in [0.25, 0.3) is 0 Å². The largest absolute Gasteiger partial charge is 0.508 e. The zero-order chi connectivity index (χ0) is 10.4. The lowest BCUT2D eigenvalue weighted by Crippen LogP contribution is -2.31. The van der Waals surface area contributed by atoms with Crippen molar-refractivity contribution in [1.29, 1.82) is 0 Å². The van der Waals surface area contributed by atoms with Crippen molar-refractivity contribution in [3.63, 3.8) is 0 Å². The van der Waals surface area contributed by atoms with Crippen molar-refractivity contribution in [2.45, 2.75) is 6.55 Å². The molecule has 0 spiro atoms. The van der Waals surface area contributed by atoms with E-state index in [-0.39, 0.29) is 0 Å². The third-order valence-electron chi connectivity index (χ3n) is 2.03. The molecule has 0 aliphatic carbocycles. The third kappa shape index (κ3) is 3.14. The molecule has 14 heavy (non-hydrogen) atoms. The summed E-state index contributed by atoms with van der Waals surface area (Å²) < 4.78 is 10.5. The SMILES string of the molecule is COCCO[SiH](C)c1ccccc1O. The van der Waals surface area contributed by atoms with E-state index in [2.05, 4.69) is 0 Å². The normalized spacial score (nSPS) is 12.7. The minimum absolute atomic E-state index is 0.337. The number of ether oxygens (including phenoxy) is 1. The van der Waals surface area contributed by atoms with Crippen molar-refractivity contribution in [3.05, 3.63) is 24.3 Å². The highest BCUT2D eigenvalue weighted by molar-refractivity contribution is 6.67. The summed E-state index contributed by atoms with van der Waals surface area (Å²) in [7, 11) is 0.187. The predicted molar refractivity (Wildman–Crippen MR) is 58.6 cm³/mol. The summed E-state index contributed by atoms with van der Waals surface area (Å²) in [5.74, 6) is 0.337. The molecule has 0 aromatic heterocycles. The molecule has 0 heterocycles. The van der Waals surface area contributed by atoms with Crippen molar-refractivity contribution in [2.24, 2.45) is 0 Å². The first kappa shape index (κ1) is 11.2. The highest BCUT2D eigenvalue weighted by atomic mass is 28.3. The van der Waals surface area contributed by atoms with E-state index in [0.29, 0.717) is 19.0 Å². The highest BCUT2D eigenvalue weighted by Crippen LogP contribution is 2.05. The number of rotatable bonds is 5. The summed E-state index contributed by atoms with van der Waals surface area (Å²) in [6.07, 6.45) is 0. The predicted octanol–water partition coefficient (Wildman–Crippen LogP) is 0.616. The third-order valence-corrected chi connectivity index (χ3v) is 4.13. The van der Waals surface area contributed by atoms with Gasteiger partial charge in [0.25, 0.3) is 0 Å². The summed E-state index contributed by atoms with van der Waals surface area (Å²) in [5.41, 5.74) is 0. The molecular formula is C10H16O3Si. The molecule has 0 aliphatic heterocycles. The van der Waals surface area contributed by atoms with Gasteiger partial charge in [0.15, 0.2) is 0 Å². The van der Waals surface area contributed by atoms with Crippen molar-refractivity contribution in [2.75, 3.05) is 20.3 Å². The summed E-state index contributed by atoms with van der Waals surface area (Å²) in [4.78, 5) is 0. The topological polar surface area (TPSA) is 38.7 Å². The lowest BCUT2D eigenvalue weighted by atomic mass is 10.3. The molecule has 1 aromatic carbocycles. The summed E-state index contributed by atoms with van der Waals surface area (Å²) in [6.45, 7) is 3.24. The Balaban J connectivity index is 2.51. The van der Waals surface area contributed by atoms with Crippen molar-refractivity contribution in [3.8, 4) is 5.75 Å². The van der Waals surface area contributed by atoms with Crippen molar-refractivity contribution < 1.29 is 14.3 Å². The molecule has 1 unspecified atom stereocenters. The van der Waals surface area contributed by atoms with Crippen LogP contribution in [0.2, 0.25) is 6.55 Å². The van der Waals surface area contributed by atoms with Gasteiger partial charge in [-0.2, -0.15) is 0 Å². The van der Waals surface area contributed by atoms with E-state index < -0.39 is 9.04 Å². The minimum Gasteiger partial charge on any atom is -0.508 e. The average Bonchev–Trinajstić information content (AvgIpc) is 2.18. The number of phenols is 1. The molecular weight excluding hydrogens is 196 g/mol. The molecule has 0 aliphatic rings. The van der Waals surface area contributed by atoms with Gasteiger partial charge in [0.2, 0.25) is 9.04 Å². The Kier molecular flexibility index (Phi) is 4.65. The molecule has 1 N–H and O–H groups in total. The molecule has 0 fully saturated rings. The molecule has 1 atom stereocenters. The van der Waals surface area contributed by atoms with E-state index in [4.69, 9.17) is 9.16 Å². The van der Waals surface area contributed by atoms with Crippen LogP contribution in [-0.4, -0.2) is 34.5 Å². The number of methoxy groups -OCH3 is 1. The Labute approximate surface area is 86.0 Å². The van der Waals surface area contributed by atoms with Crippen LogP contribution in [-0.2, 0) is 9.16 Å². The van der Waals surface area contributed by atoms with E-state index in [9.17, 15) is 5.11 Å². The van der Waals surface area contributed by atoms with E-state index >= 15 is 0 Å². The van der Waals surface area contributed by atoms with Gasteiger partial charge in [-0.15, -0.1) is 0 Å². The maximum atomic E-state index is 9.56. The number of para-hydroxylation sites is 1. The lowest BCUT2D eigenvalue weighted by molar-refractivity contribution is 0.147. The Morgan fingerprint density at radius 1 is 1.29 bits per heavy atom. The van der Waals surface area contributed by atoms with Gasteiger partial charge in [-0.25, -0.2) is 0 Å². The lowest BCUT2D eigenvalue weighted by Gasteiger charge is -2.12. The second kappa shape index (κ2) is 5.80. The molecule has 78 valence electrons. The maximum Gasteiger partial charge on any atom is 0.209 e. The summed E-state index contributed by atoms with van der Waals surface area (Å²) in [6, 6.07) is 7.34. The van der Waals surface area contributed by atoms with Crippen molar-refractivity contribution in [1.82, 2.24) is 0 Å². The molecule has 4 heteroatoms. The van der Waals surface area contributed by atoms with E-state index in [1.807, 2.05) is 24.7 Å². The standard InChI is InChI=1S/C10H16O3Si/c1-12-7-8-13-14(2)10-6-4-3-5-9(10)11/h3-6,11,14H,7-8H2,1-2H3. The highest BCUT2D eigenvalue weighted by Gasteiger charge is 2.11. The smallest absolute Gasteiger partial charge is 0.209 e. The number of aromatic hydroxyl groups is 1. The van der Waals surface area contributed by atoms with E-state index in [1.165, 1.54) is 0 Å².